The van der Waals surface area contributed by atoms with Gasteiger partial charge in [0, 0.05) is 4.47 Å². The van der Waals surface area contributed by atoms with Crippen molar-refractivity contribution in [1.29, 1.82) is 0 Å². The molecule has 3 rings (SSSR count). The maximum Gasteiger partial charge on any atom is 0.335 e. The molecule has 0 aromatic heterocycles. The normalized spacial score (nSPS) is 16.5. The summed E-state index contributed by atoms with van der Waals surface area (Å²) in [6.07, 6.45) is 1.37. The number of carbonyl (C=O) groups excluding carboxylic acids is 3. The molecule has 7 heteroatoms. The van der Waals surface area contributed by atoms with E-state index in [1.807, 2.05) is 0 Å². The van der Waals surface area contributed by atoms with Crippen molar-refractivity contribution in [2.45, 2.75) is 0 Å². The molecule has 24 heavy (non-hydrogen) atoms. The minimum atomic E-state index is -0.796. The van der Waals surface area contributed by atoms with E-state index in [1.54, 1.807) is 36.4 Å². The van der Waals surface area contributed by atoms with E-state index >= 15 is 0 Å². The molecule has 1 aliphatic rings. The number of aromatic hydroxyl groups is 1. The zero-order valence-electron chi connectivity index (χ0n) is 12.2. The van der Waals surface area contributed by atoms with Crippen molar-refractivity contribution in [3.63, 3.8) is 0 Å². The Morgan fingerprint density at radius 3 is 2.21 bits per heavy atom. The maximum atomic E-state index is 12.6. The summed E-state index contributed by atoms with van der Waals surface area (Å²) in [4.78, 5) is 37.6. The monoisotopic (exact) mass is 386 g/mol. The van der Waals surface area contributed by atoms with E-state index in [4.69, 9.17) is 0 Å². The van der Waals surface area contributed by atoms with Crippen molar-refractivity contribution < 1.29 is 19.5 Å². The number of hydrogen-bond acceptors (Lipinski definition) is 4. The van der Waals surface area contributed by atoms with Crippen LogP contribution in [0.5, 0.6) is 5.75 Å². The number of benzene rings is 2. The van der Waals surface area contributed by atoms with E-state index in [0.717, 1.165) is 9.37 Å². The summed E-state index contributed by atoms with van der Waals surface area (Å²) in [6.45, 7) is 0. The lowest BCUT2D eigenvalue weighted by Crippen LogP contribution is -2.54. The predicted octanol–water partition coefficient (Wildman–Crippen LogP) is 2.82. The standard InChI is InChI=1S/C17H11BrN2O4/c18-11-3-5-12(6-4-11)20-16(23)14(15(22)19-17(20)24)9-10-1-7-13(21)8-2-10/h1-9,21H,(H,19,22,24)/b14-9-. The number of barbiturate groups is 1. The Hall–Kier alpha value is -2.93. The molecule has 6 nitrogen and oxygen atoms in total. The van der Waals surface area contributed by atoms with Gasteiger partial charge in [0.2, 0.25) is 0 Å². The van der Waals surface area contributed by atoms with E-state index in [9.17, 15) is 19.5 Å². The lowest BCUT2D eigenvalue weighted by molar-refractivity contribution is -0.122. The maximum absolute atomic E-state index is 12.6. The van der Waals surface area contributed by atoms with Gasteiger partial charge in [-0.1, -0.05) is 28.1 Å². The second-order valence-electron chi connectivity index (χ2n) is 5.03. The van der Waals surface area contributed by atoms with Crippen molar-refractivity contribution in [3.05, 3.63) is 64.1 Å². The number of imide groups is 2. The molecule has 0 unspecified atom stereocenters. The zero-order valence-corrected chi connectivity index (χ0v) is 13.8. The molecule has 0 atom stereocenters. The van der Waals surface area contributed by atoms with Crippen LogP contribution in [0.2, 0.25) is 0 Å². The van der Waals surface area contributed by atoms with E-state index < -0.39 is 17.8 Å². The molecule has 0 spiro atoms. The lowest BCUT2D eigenvalue weighted by Gasteiger charge is -2.26. The third-order valence-electron chi connectivity index (χ3n) is 3.39. The Balaban J connectivity index is 1.99. The highest BCUT2D eigenvalue weighted by Gasteiger charge is 2.36. The van der Waals surface area contributed by atoms with E-state index in [1.165, 1.54) is 18.2 Å². The van der Waals surface area contributed by atoms with Crippen molar-refractivity contribution in [2.75, 3.05) is 4.90 Å². The number of urea groups is 1. The summed E-state index contributed by atoms with van der Waals surface area (Å²) in [7, 11) is 0. The van der Waals surface area contributed by atoms with Crippen molar-refractivity contribution >= 4 is 45.5 Å². The Kier molecular flexibility index (Phi) is 4.18. The van der Waals surface area contributed by atoms with Gasteiger partial charge in [0.15, 0.2) is 0 Å². The molecular weight excluding hydrogens is 376 g/mol. The van der Waals surface area contributed by atoms with Crippen molar-refractivity contribution in [2.24, 2.45) is 0 Å². The molecule has 0 saturated carbocycles. The highest BCUT2D eigenvalue weighted by Crippen LogP contribution is 2.24. The predicted molar refractivity (Wildman–Crippen MR) is 91.3 cm³/mol. The van der Waals surface area contributed by atoms with Crippen LogP contribution in [-0.4, -0.2) is 23.0 Å². The molecule has 2 aromatic rings. The van der Waals surface area contributed by atoms with Crippen LogP contribution in [0.3, 0.4) is 0 Å². The van der Waals surface area contributed by atoms with E-state index in [-0.39, 0.29) is 11.3 Å². The first-order valence-electron chi connectivity index (χ1n) is 6.92. The fourth-order valence-corrected chi connectivity index (χ4v) is 2.48. The van der Waals surface area contributed by atoms with E-state index in [2.05, 4.69) is 21.2 Å². The Bertz CT molecular complexity index is 857. The van der Waals surface area contributed by atoms with Gasteiger partial charge in [-0.25, -0.2) is 9.69 Å². The number of anilines is 1. The molecule has 1 saturated heterocycles. The average Bonchev–Trinajstić information content (AvgIpc) is 2.55. The van der Waals surface area contributed by atoms with Crippen LogP contribution in [-0.2, 0) is 9.59 Å². The van der Waals surface area contributed by atoms with Crippen LogP contribution in [0.15, 0.2) is 58.6 Å². The van der Waals surface area contributed by atoms with Crippen LogP contribution >= 0.6 is 15.9 Å². The van der Waals surface area contributed by atoms with Gasteiger partial charge in [0.05, 0.1) is 5.69 Å². The quantitative estimate of drug-likeness (QED) is 0.613. The van der Waals surface area contributed by atoms with Gasteiger partial charge in [-0.05, 0) is 48.0 Å². The number of nitrogens with zero attached hydrogens (tertiary/aromatic N) is 1. The number of halogens is 1. The van der Waals surface area contributed by atoms with Crippen molar-refractivity contribution in [1.82, 2.24) is 5.32 Å². The molecule has 120 valence electrons. The highest BCUT2D eigenvalue weighted by atomic mass is 79.9. The summed E-state index contributed by atoms with van der Waals surface area (Å²) in [6, 6.07) is 11.8. The van der Waals surface area contributed by atoms with Crippen LogP contribution < -0.4 is 10.2 Å². The van der Waals surface area contributed by atoms with Gasteiger partial charge in [-0.15, -0.1) is 0 Å². The van der Waals surface area contributed by atoms with Gasteiger partial charge in [-0.3, -0.25) is 14.9 Å². The first-order valence-corrected chi connectivity index (χ1v) is 7.71. The van der Waals surface area contributed by atoms with Gasteiger partial charge in [-0.2, -0.15) is 0 Å². The SMILES string of the molecule is O=C1NC(=O)N(c2ccc(Br)cc2)C(=O)/C1=C\c1ccc(O)cc1. The molecule has 1 aliphatic heterocycles. The number of phenols is 1. The summed E-state index contributed by atoms with van der Waals surface area (Å²) < 4.78 is 0.798. The Labute approximate surface area is 145 Å². The fraction of sp³-hybridized carbons (Fsp3) is 0. The minimum absolute atomic E-state index is 0.0724. The van der Waals surface area contributed by atoms with Crippen LogP contribution in [0, 0.1) is 0 Å². The van der Waals surface area contributed by atoms with Gasteiger partial charge >= 0.3 is 6.03 Å². The summed E-state index contributed by atoms with van der Waals surface area (Å²) in [5.41, 5.74) is 0.740. The molecule has 4 amide bonds. The largest absolute Gasteiger partial charge is 0.508 e. The third-order valence-corrected chi connectivity index (χ3v) is 3.92. The summed E-state index contributed by atoms with van der Waals surface area (Å²) in [5.74, 6) is -1.39. The number of phenolic OH excluding ortho intramolecular Hbond substituents is 1. The molecular formula is C17H11BrN2O4. The number of amides is 4. The molecule has 0 aliphatic carbocycles. The number of carbonyl (C=O) groups is 3. The van der Waals surface area contributed by atoms with E-state index in [0.29, 0.717) is 11.3 Å². The number of nitrogens with one attached hydrogen (secondary N) is 1. The number of hydrogen-bond donors (Lipinski definition) is 2. The van der Waals surface area contributed by atoms with Crippen LogP contribution in [0.25, 0.3) is 6.08 Å². The zero-order chi connectivity index (χ0) is 17.3. The molecule has 1 fully saturated rings. The highest BCUT2D eigenvalue weighted by molar-refractivity contribution is 9.10. The van der Waals surface area contributed by atoms with Crippen LogP contribution in [0.1, 0.15) is 5.56 Å². The summed E-state index contributed by atoms with van der Waals surface area (Å²) in [5, 5.41) is 11.4. The van der Waals surface area contributed by atoms with Gasteiger partial charge in [0.1, 0.15) is 11.3 Å². The summed E-state index contributed by atoms with van der Waals surface area (Å²) >= 11 is 3.28. The minimum Gasteiger partial charge on any atom is -0.508 e. The van der Waals surface area contributed by atoms with Gasteiger partial charge < -0.3 is 5.11 Å². The second-order valence-corrected chi connectivity index (χ2v) is 5.94. The first-order chi connectivity index (χ1) is 11.5. The topological polar surface area (TPSA) is 86.7 Å². The van der Waals surface area contributed by atoms with Crippen LogP contribution in [0.4, 0.5) is 10.5 Å². The lowest BCUT2D eigenvalue weighted by atomic mass is 10.1. The van der Waals surface area contributed by atoms with Crippen molar-refractivity contribution in [3.8, 4) is 5.75 Å². The van der Waals surface area contributed by atoms with Gasteiger partial charge in [0.25, 0.3) is 11.8 Å². The third kappa shape index (κ3) is 3.07. The molecule has 2 N–H and O–H groups in total. The fourth-order valence-electron chi connectivity index (χ4n) is 2.22. The molecule has 2 aromatic carbocycles. The smallest absolute Gasteiger partial charge is 0.335 e. The number of rotatable bonds is 2. The Morgan fingerprint density at radius 1 is 0.958 bits per heavy atom. The average molecular weight is 387 g/mol. The molecule has 0 bridgehead atoms. The second kappa shape index (κ2) is 6.29. The Morgan fingerprint density at radius 2 is 1.58 bits per heavy atom. The molecule has 1 heterocycles. The molecule has 0 radical (unpaired) electrons. The first kappa shape index (κ1) is 15.9.